The minimum Gasteiger partial charge on any atom is -0.338 e. The summed E-state index contributed by atoms with van der Waals surface area (Å²) in [7, 11) is 0. The van der Waals surface area contributed by atoms with Crippen molar-refractivity contribution in [2.24, 2.45) is 11.7 Å². The van der Waals surface area contributed by atoms with E-state index < -0.39 is 6.04 Å². The molecule has 2 fully saturated rings. The van der Waals surface area contributed by atoms with E-state index in [1.165, 1.54) is 0 Å². The van der Waals surface area contributed by atoms with E-state index in [1.807, 2.05) is 35.4 Å². The Labute approximate surface area is 125 Å². The van der Waals surface area contributed by atoms with Crippen LogP contribution in [0.5, 0.6) is 0 Å². The van der Waals surface area contributed by atoms with Crippen LogP contribution in [0.1, 0.15) is 33.6 Å². The molecule has 2 N–H and O–H groups in total. The standard InChI is InChI=1S/C14H25N3O2S/c1-10(2)12(15)13(19)16-6-4-5-14(9-16)17(11(3)18)7-8-20-14/h10,12H,4-9,15H2,1-3H3. The minimum absolute atomic E-state index is 0.0232. The quantitative estimate of drug-likeness (QED) is 0.822. The van der Waals surface area contributed by atoms with Gasteiger partial charge in [-0.1, -0.05) is 13.8 Å². The van der Waals surface area contributed by atoms with E-state index >= 15 is 0 Å². The first-order chi connectivity index (χ1) is 9.37. The number of nitrogens with zero attached hydrogens (tertiary/aromatic N) is 2. The lowest BCUT2D eigenvalue weighted by atomic mass is 9.99. The van der Waals surface area contributed by atoms with Gasteiger partial charge in [0.1, 0.15) is 4.87 Å². The fourth-order valence-corrected chi connectivity index (χ4v) is 4.64. The molecule has 0 aromatic carbocycles. The van der Waals surface area contributed by atoms with Gasteiger partial charge in [0.2, 0.25) is 11.8 Å². The van der Waals surface area contributed by atoms with Crippen molar-refractivity contribution < 1.29 is 9.59 Å². The maximum atomic E-state index is 12.4. The van der Waals surface area contributed by atoms with Crippen molar-refractivity contribution in [3.8, 4) is 0 Å². The van der Waals surface area contributed by atoms with Gasteiger partial charge in [0.25, 0.3) is 0 Å². The zero-order valence-corrected chi connectivity index (χ0v) is 13.4. The van der Waals surface area contributed by atoms with Crippen LogP contribution in [0, 0.1) is 5.92 Å². The fraction of sp³-hybridized carbons (Fsp3) is 0.857. The number of amides is 2. The van der Waals surface area contributed by atoms with Crippen LogP contribution in [0.2, 0.25) is 0 Å². The largest absolute Gasteiger partial charge is 0.338 e. The number of rotatable bonds is 2. The second kappa shape index (κ2) is 5.93. The van der Waals surface area contributed by atoms with Crippen LogP contribution in [0.15, 0.2) is 0 Å². The van der Waals surface area contributed by atoms with E-state index in [2.05, 4.69) is 0 Å². The molecule has 2 unspecified atom stereocenters. The van der Waals surface area contributed by atoms with Crippen molar-refractivity contribution in [2.75, 3.05) is 25.4 Å². The highest BCUT2D eigenvalue weighted by atomic mass is 32.2. The molecule has 114 valence electrons. The molecule has 2 rings (SSSR count). The summed E-state index contributed by atoms with van der Waals surface area (Å²) in [6.07, 6.45) is 1.91. The number of carbonyl (C=O) groups is 2. The maximum absolute atomic E-state index is 12.4. The molecule has 2 amide bonds. The molecule has 0 aromatic heterocycles. The summed E-state index contributed by atoms with van der Waals surface area (Å²) in [5, 5.41) is 0. The number of hydrogen-bond donors (Lipinski definition) is 1. The number of hydrogen-bond acceptors (Lipinski definition) is 4. The van der Waals surface area contributed by atoms with Gasteiger partial charge in [-0.15, -0.1) is 11.8 Å². The molecule has 0 radical (unpaired) electrons. The molecular formula is C14H25N3O2S. The lowest BCUT2D eigenvalue weighted by Crippen LogP contribution is -2.59. The third-order valence-corrected chi connectivity index (χ3v) is 5.78. The van der Waals surface area contributed by atoms with Crippen LogP contribution in [-0.4, -0.2) is 57.9 Å². The van der Waals surface area contributed by atoms with Crippen molar-refractivity contribution in [1.29, 1.82) is 0 Å². The highest BCUT2D eigenvalue weighted by molar-refractivity contribution is 8.00. The normalized spacial score (nSPS) is 28.2. The molecule has 2 aliphatic rings. The highest BCUT2D eigenvalue weighted by Gasteiger charge is 2.47. The van der Waals surface area contributed by atoms with Gasteiger partial charge in [0.05, 0.1) is 12.6 Å². The number of nitrogens with two attached hydrogens (primary N) is 1. The SMILES string of the molecule is CC(=O)N1CCSC12CCCN(C(=O)C(N)C(C)C)C2. The van der Waals surface area contributed by atoms with E-state index in [-0.39, 0.29) is 22.6 Å². The molecule has 20 heavy (non-hydrogen) atoms. The molecule has 5 nitrogen and oxygen atoms in total. The van der Waals surface area contributed by atoms with Crippen LogP contribution in [-0.2, 0) is 9.59 Å². The molecule has 0 saturated carbocycles. The van der Waals surface area contributed by atoms with E-state index in [4.69, 9.17) is 5.73 Å². The highest BCUT2D eigenvalue weighted by Crippen LogP contribution is 2.42. The van der Waals surface area contributed by atoms with Gasteiger partial charge in [0.15, 0.2) is 0 Å². The Hall–Kier alpha value is -0.750. The predicted molar refractivity (Wildman–Crippen MR) is 81.2 cm³/mol. The summed E-state index contributed by atoms with van der Waals surface area (Å²) in [4.78, 5) is 27.9. The predicted octanol–water partition coefficient (Wildman–Crippen LogP) is 0.884. The van der Waals surface area contributed by atoms with Gasteiger partial charge in [-0.3, -0.25) is 9.59 Å². The number of likely N-dealkylation sites (tertiary alicyclic amines) is 1. The van der Waals surface area contributed by atoms with Crippen molar-refractivity contribution in [1.82, 2.24) is 9.80 Å². The summed E-state index contributed by atoms with van der Waals surface area (Å²) in [6, 6.07) is -0.442. The Kier molecular flexibility index (Phi) is 4.64. The van der Waals surface area contributed by atoms with Gasteiger partial charge in [-0.2, -0.15) is 0 Å². The van der Waals surface area contributed by atoms with Crippen molar-refractivity contribution in [3.05, 3.63) is 0 Å². The van der Waals surface area contributed by atoms with Crippen molar-refractivity contribution in [3.63, 3.8) is 0 Å². The molecule has 1 spiro atoms. The monoisotopic (exact) mass is 299 g/mol. The lowest BCUT2D eigenvalue weighted by Gasteiger charge is -2.45. The molecule has 2 heterocycles. The van der Waals surface area contributed by atoms with Crippen LogP contribution in [0.3, 0.4) is 0 Å². The van der Waals surface area contributed by atoms with Crippen molar-refractivity contribution >= 4 is 23.6 Å². The molecule has 6 heteroatoms. The summed E-state index contributed by atoms with van der Waals surface area (Å²) < 4.78 is 0. The first-order valence-corrected chi connectivity index (χ1v) is 8.32. The second-order valence-corrected chi connectivity index (χ2v) is 7.56. The smallest absolute Gasteiger partial charge is 0.239 e. The van der Waals surface area contributed by atoms with Gasteiger partial charge in [0, 0.05) is 25.8 Å². The second-order valence-electron chi connectivity index (χ2n) is 6.10. The summed E-state index contributed by atoms with van der Waals surface area (Å²) in [6.45, 7) is 7.72. The van der Waals surface area contributed by atoms with Gasteiger partial charge in [-0.05, 0) is 18.8 Å². The van der Waals surface area contributed by atoms with E-state index in [9.17, 15) is 9.59 Å². The van der Waals surface area contributed by atoms with E-state index in [0.717, 1.165) is 31.7 Å². The molecule has 2 atom stereocenters. The van der Waals surface area contributed by atoms with Gasteiger partial charge in [-0.25, -0.2) is 0 Å². The Bertz CT molecular complexity index is 402. The number of thioether (sulfide) groups is 1. The van der Waals surface area contributed by atoms with Crippen LogP contribution in [0.4, 0.5) is 0 Å². The summed E-state index contributed by atoms with van der Waals surface area (Å²) >= 11 is 1.81. The van der Waals surface area contributed by atoms with Gasteiger partial charge >= 0.3 is 0 Å². The lowest BCUT2D eigenvalue weighted by molar-refractivity contribution is -0.140. The Morgan fingerprint density at radius 3 is 2.60 bits per heavy atom. The van der Waals surface area contributed by atoms with Crippen LogP contribution >= 0.6 is 11.8 Å². The molecule has 0 aromatic rings. The molecule has 0 bridgehead atoms. The first kappa shape index (κ1) is 15.6. The third kappa shape index (κ3) is 2.81. The zero-order chi connectivity index (χ0) is 14.9. The maximum Gasteiger partial charge on any atom is 0.239 e. The van der Waals surface area contributed by atoms with Gasteiger partial charge < -0.3 is 15.5 Å². The zero-order valence-electron chi connectivity index (χ0n) is 12.6. The van der Waals surface area contributed by atoms with E-state index in [1.54, 1.807) is 6.92 Å². The molecule has 2 aliphatic heterocycles. The molecule has 2 saturated heterocycles. The summed E-state index contributed by atoms with van der Waals surface area (Å²) in [5.41, 5.74) is 5.99. The summed E-state index contributed by atoms with van der Waals surface area (Å²) in [5.74, 6) is 1.23. The first-order valence-electron chi connectivity index (χ1n) is 7.34. The fourth-order valence-electron chi connectivity index (χ4n) is 3.08. The van der Waals surface area contributed by atoms with E-state index in [0.29, 0.717) is 6.54 Å². The average Bonchev–Trinajstić information content (AvgIpc) is 2.80. The minimum atomic E-state index is -0.442. The Balaban J connectivity index is 2.12. The third-order valence-electron chi connectivity index (χ3n) is 4.31. The Morgan fingerprint density at radius 2 is 2.00 bits per heavy atom. The Morgan fingerprint density at radius 1 is 1.30 bits per heavy atom. The molecule has 0 aliphatic carbocycles. The van der Waals surface area contributed by atoms with Crippen LogP contribution < -0.4 is 5.73 Å². The number of carbonyl (C=O) groups excluding carboxylic acids is 2. The topological polar surface area (TPSA) is 66.6 Å². The number of piperidine rings is 1. The average molecular weight is 299 g/mol. The molecular weight excluding hydrogens is 274 g/mol. The van der Waals surface area contributed by atoms with Crippen LogP contribution in [0.25, 0.3) is 0 Å². The van der Waals surface area contributed by atoms with Crippen molar-refractivity contribution in [2.45, 2.75) is 44.5 Å².